The molecule has 0 N–H and O–H groups in total. The Hall–Kier alpha value is 1.52. The van der Waals surface area contributed by atoms with Crippen molar-refractivity contribution in [2.75, 3.05) is 73.6 Å². The van der Waals surface area contributed by atoms with E-state index in [-0.39, 0.29) is 71.1 Å². The van der Waals surface area contributed by atoms with Crippen molar-refractivity contribution in [3.05, 3.63) is 0 Å². The summed E-state index contributed by atoms with van der Waals surface area (Å²) in [5.74, 6) is -9.47. The van der Waals surface area contributed by atoms with E-state index in [0.717, 1.165) is 22.6 Å². The molecule has 0 saturated heterocycles. The van der Waals surface area contributed by atoms with Crippen LogP contribution in [0.2, 0.25) is 0 Å². The summed E-state index contributed by atoms with van der Waals surface area (Å²) >= 11 is 3.75. The normalized spacial score (nSPS) is 14.9. The molecule has 10 nitrogen and oxygen atoms in total. The number of unbranched alkanes of at least 4 members (excludes halogenated alkanes) is 2. The van der Waals surface area contributed by atoms with Crippen molar-refractivity contribution in [2.24, 2.45) is 0 Å². The Balaban J connectivity index is -0.000000121. The van der Waals surface area contributed by atoms with Crippen LogP contribution in [0.5, 0.6) is 0 Å². The molecule has 0 rings (SSSR count). The number of alkyl halides is 61. The molecule has 0 aliphatic rings. The monoisotopic (exact) mass is 2830 g/mol. The zero-order valence-electron chi connectivity index (χ0n) is 56.1. The van der Waals surface area contributed by atoms with Gasteiger partial charge in [0.25, 0.3) is 0 Å². The van der Waals surface area contributed by atoms with Gasteiger partial charge in [0.2, 0.25) is 0 Å². The standard InChI is InChI=1S/C7H8F7IO.C6H6F7IO.C6H8F5IO.C5H6F5IO.C4H2F8O.C4H4F5IO.C4H5F5O.C4H5F4IO.C3H2F5IO.C2H2F4O.FI/c8-5(9,10)3-1-2-4-16-7(13,14)6(11,12)15;7-4(8,9)2-1-3-15-6(12,13)5(10,11)14;7-5(8,9)3-1-2-4-13-6(10,11)12;6-4(7,8)2-1-3-12-5(9,10)11;5-1-2(6,3(7,8)9)13-4(10,11)12;5-3(6,7)1-2-11-4(8,9)10;1-10-3(6,2-5)4(7,8)9;1-2-10-4(7,8)3(5,6)9;4-1-10-3(8,9)2(5,6)7;3-2(4,5)1-7-6;1-2/h1-4H2;1-3H2;1-4H2;1-3H2;1H2;1-2H2;2*2H2,1H3;1H2;1H2;. The third-order valence-electron chi connectivity index (χ3n) is 8.56. The van der Waals surface area contributed by atoms with Crippen LogP contribution in [-0.4, -0.2) is 194 Å². The Morgan fingerprint density at radius 3 is 0.664 bits per heavy atom. The third-order valence-corrected chi connectivity index (χ3v) is 12.3. The fourth-order valence-corrected chi connectivity index (χ4v) is 4.93. The summed E-state index contributed by atoms with van der Waals surface area (Å²) < 4.78 is 649. The van der Waals surface area contributed by atoms with E-state index in [2.05, 4.69) is 42.8 Å². The molecule has 0 heterocycles. The molecule has 0 aromatic carbocycles. The van der Waals surface area contributed by atoms with Crippen LogP contribution in [0.4, 0.5) is 244 Å². The topological polar surface area (TPSA) is 92.3 Å². The van der Waals surface area contributed by atoms with Crippen molar-refractivity contribution in [3.63, 3.8) is 0 Å². The molecule has 3 unspecified atom stereocenters. The van der Waals surface area contributed by atoms with Gasteiger partial charge in [0, 0.05) is 191 Å². The molecule has 74 heteroatoms. The minimum absolute atomic E-state index is 0.0158. The van der Waals surface area contributed by atoms with Gasteiger partial charge in [-0.2, -0.15) is 219 Å². The van der Waals surface area contributed by atoms with Crippen molar-refractivity contribution in [1.29, 1.82) is 0 Å². The van der Waals surface area contributed by atoms with Gasteiger partial charge in [-0.1, -0.05) is 0 Å². The van der Waals surface area contributed by atoms with E-state index in [1.165, 1.54) is 6.92 Å². The Morgan fingerprint density at radius 1 is 0.269 bits per heavy atom. The molecule has 736 valence electrons. The van der Waals surface area contributed by atoms with Crippen molar-refractivity contribution in [3.8, 4) is 0 Å². The number of ether oxygens (including phenoxy) is 9. The quantitative estimate of drug-likeness (QED) is 0.0274. The molecule has 0 aromatic rings. The van der Waals surface area contributed by atoms with E-state index < -0.39 is 231 Å². The second-order valence-corrected chi connectivity index (χ2v) is 27.8. The van der Waals surface area contributed by atoms with Gasteiger partial charge >= 0.3 is 120 Å². The van der Waals surface area contributed by atoms with Gasteiger partial charge in [0.05, 0.1) is 46.1 Å². The molecule has 0 aromatic heterocycles. The SMILES string of the molecule is CCOC(F)(F)C(F)(F)I.COC(F)(CF)C(F)(F)F.FC(F)(F)CCCCOC(F)(F)C(F)(F)I.FC(F)(F)CCCCOC(F)(F)I.FC(F)(F)CCCOC(F)(F)C(F)(F)I.FC(F)(F)CCCOC(F)(F)I.FC(F)(F)CCOC(F)(F)I.FCC(F)(OC(F)(F)F)C(F)(F)F.FCOC(F)(I)C(F)(F)F.FI.FOCC(F)(F)F. The van der Waals surface area contributed by atoms with E-state index in [9.17, 15) is 244 Å². The lowest BCUT2D eigenvalue weighted by atomic mass is 10.2. The van der Waals surface area contributed by atoms with Crippen LogP contribution in [0.25, 0.3) is 0 Å². The first-order valence-corrected chi connectivity index (χ1v) is 35.7. The van der Waals surface area contributed by atoms with Crippen molar-refractivity contribution in [1.82, 2.24) is 0 Å². The number of halogens is 64. The average molecular weight is 2830 g/mol. The highest BCUT2D eigenvalue weighted by Crippen LogP contribution is 2.45. The highest BCUT2D eigenvalue weighted by Gasteiger charge is 2.64. The highest BCUT2D eigenvalue weighted by molar-refractivity contribution is 14.1. The minimum atomic E-state index is -6.07. The zero-order valence-corrected chi connectivity index (χ0v) is 73.4. The van der Waals surface area contributed by atoms with Crippen LogP contribution in [0.15, 0.2) is 0 Å². The maximum Gasteiger partial charge on any atom is 0.525 e. The Kier molecular flexibility index (Phi) is 74.8. The number of hydrogen-bond acceptors (Lipinski definition) is 10. The predicted octanol–water partition coefficient (Wildman–Crippen LogP) is 30.8. The average Bonchev–Trinajstić information content (AvgIpc) is 0.811. The van der Waals surface area contributed by atoms with E-state index in [1.807, 2.05) is 4.74 Å². The molecule has 3 atom stereocenters. The van der Waals surface area contributed by atoms with E-state index in [0.29, 0.717) is 121 Å². The summed E-state index contributed by atoms with van der Waals surface area (Å²) in [4.78, 5) is 2.28. The predicted molar refractivity (Wildman–Crippen MR) is 356 cm³/mol. The van der Waals surface area contributed by atoms with Crippen LogP contribution < -0.4 is 0 Å². The first-order chi connectivity index (χ1) is 51.6. The van der Waals surface area contributed by atoms with E-state index >= 15 is 0 Å². The molecular weight excluding hydrogens is 2780 g/mol. The molecule has 0 radical (unpaired) electrons. The highest BCUT2D eigenvalue weighted by atomic mass is 127. The summed E-state index contributed by atoms with van der Waals surface area (Å²) in [6.07, 6.45) is -70.8. The fourth-order valence-electron chi connectivity index (χ4n) is 3.69. The Labute approximate surface area is 738 Å². The van der Waals surface area contributed by atoms with Gasteiger partial charge in [0.1, 0.15) is 0 Å². The maximum atomic E-state index is 12.4. The molecule has 0 bridgehead atoms. The van der Waals surface area contributed by atoms with Crippen LogP contribution >= 0.6 is 181 Å². The smallest absolute Gasteiger partial charge is 0.340 e. The summed E-state index contributed by atoms with van der Waals surface area (Å²) in [7, 11) is 0.451. The van der Waals surface area contributed by atoms with Gasteiger partial charge in [-0.25, -0.2) is 17.9 Å². The van der Waals surface area contributed by atoms with Gasteiger partial charge in [-0.05, 0) is 50.0 Å². The number of hydrogen-bond donors (Lipinski definition) is 0. The summed E-state index contributed by atoms with van der Waals surface area (Å²) in [5, 5.41) is 0. The van der Waals surface area contributed by atoms with Crippen molar-refractivity contribution in [2.45, 2.75) is 198 Å². The van der Waals surface area contributed by atoms with Crippen molar-refractivity contribution < 1.29 is 292 Å². The molecule has 0 aliphatic carbocycles. The van der Waals surface area contributed by atoms with Gasteiger partial charge in [-0.3, -0.25) is 4.74 Å². The Bertz CT molecular complexity index is 2340. The molecule has 0 aliphatic heterocycles. The fraction of sp³-hybridized carbons (Fsp3) is 1.00. The largest absolute Gasteiger partial charge is 0.525 e. The second kappa shape index (κ2) is 62.0. The Morgan fingerprint density at radius 2 is 0.513 bits per heavy atom. The van der Waals surface area contributed by atoms with Crippen molar-refractivity contribution >= 4 is 181 Å². The number of rotatable bonds is 33. The van der Waals surface area contributed by atoms with Gasteiger partial charge in [-0.15, -0.1) is 13.2 Å². The summed E-state index contributed by atoms with van der Waals surface area (Å²) in [6, 6.07) is 0. The lowest BCUT2D eigenvalue weighted by Crippen LogP contribution is -2.48. The molecule has 0 fully saturated rings. The zero-order chi connectivity index (χ0) is 98.9. The van der Waals surface area contributed by atoms with Crippen LogP contribution in [0.1, 0.15) is 77.6 Å². The molecule has 0 saturated carbocycles. The van der Waals surface area contributed by atoms with Gasteiger partial charge < -0.3 is 33.2 Å². The van der Waals surface area contributed by atoms with E-state index in [1.54, 1.807) is 0 Å². The summed E-state index contributed by atoms with van der Waals surface area (Å²) in [6.45, 7) is -11.9. The molecular formula is C45H48F56I8O10. The van der Waals surface area contributed by atoms with Crippen LogP contribution in [0, 0.1) is 0 Å². The van der Waals surface area contributed by atoms with Crippen LogP contribution in [-0.2, 0) is 47.6 Å². The number of methoxy groups -OCH3 is 1. The van der Waals surface area contributed by atoms with E-state index in [4.69, 9.17) is 0 Å². The van der Waals surface area contributed by atoms with Crippen LogP contribution in [0.3, 0.4) is 0 Å². The first kappa shape index (κ1) is 144. The first-order valence-electron chi connectivity index (χ1n) is 27.4. The molecule has 0 spiro atoms. The lowest BCUT2D eigenvalue weighted by Gasteiger charge is -2.25. The minimum Gasteiger partial charge on any atom is -0.340 e. The third kappa shape index (κ3) is 99.9. The molecule has 0 amide bonds. The van der Waals surface area contributed by atoms with Gasteiger partial charge in [0.15, 0.2) is 50.0 Å². The second-order valence-electron chi connectivity index (χ2n) is 18.6. The maximum absolute atomic E-state index is 12.4. The molecule has 119 heavy (non-hydrogen) atoms. The summed E-state index contributed by atoms with van der Waals surface area (Å²) in [5.41, 5.74) is 0. The lowest BCUT2D eigenvalue weighted by molar-refractivity contribution is -0.449.